The third-order valence-corrected chi connectivity index (χ3v) is 3.69. The number of benzene rings is 1. The van der Waals surface area contributed by atoms with Gasteiger partial charge in [0.05, 0.1) is 5.92 Å². The summed E-state index contributed by atoms with van der Waals surface area (Å²) in [7, 11) is 0. The second kappa shape index (κ2) is 7.05. The zero-order chi connectivity index (χ0) is 14.4. The van der Waals surface area contributed by atoms with Crippen molar-refractivity contribution in [1.29, 1.82) is 0 Å². The standard InChI is InChI=1S/C15H20N2O3/c18-14(12-6-8-16-9-7-12)17-10-13(15(19)20)11-4-2-1-3-5-11/h1-5,12-13,16H,6-10H2,(H,17,18)(H,19,20). The molecule has 1 heterocycles. The van der Waals surface area contributed by atoms with Gasteiger partial charge in [-0.2, -0.15) is 0 Å². The monoisotopic (exact) mass is 276 g/mol. The molecule has 0 saturated carbocycles. The first-order valence-corrected chi connectivity index (χ1v) is 6.94. The Morgan fingerprint density at radius 1 is 1.25 bits per heavy atom. The molecule has 0 aromatic heterocycles. The van der Waals surface area contributed by atoms with Crippen LogP contribution in [0.3, 0.4) is 0 Å². The number of carbonyl (C=O) groups is 2. The summed E-state index contributed by atoms with van der Waals surface area (Å²) in [5.74, 6) is -1.64. The van der Waals surface area contributed by atoms with Crippen molar-refractivity contribution in [2.45, 2.75) is 18.8 Å². The van der Waals surface area contributed by atoms with Gasteiger partial charge in [0.2, 0.25) is 5.91 Å². The minimum atomic E-state index is -0.915. The Balaban J connectivity index is 1.92. The van der Waals surface area contributed by atoms with Crippen LogP contribution in [0, 0.1) is 5.92 Å². The van der Waals surface area contributed by atoms with Gasteiger partial charge in [0, 0.05) is 12.5 Å². The van der Waals surface area contributed by atoms with Crippen LogP contribution in [0.4, 0.5) is 0 Å². The average Bonchev–Trinajstić information content (AvgIpc) is 2.49. The molecule has 0 aliphatic carbocycles. The molecule has 0 bridgehead atoms. The molecular weight excluding hydrogens is 256 g/mol. The molecule has 1 unspecified atom stereocenters. The Morgan fingerprint density at radius 2 is 1.90 bits per heavy atom. The van der Waals surface area contributed by atoms with Crippen LogP contribution in [0.25, 0.3) is 0 Å². The van der Waals surface area contributed by atoms with Crippen LogP contribution in [0.1, 0.15) is 24.3 Å². The topological polar surface area (TPSA) is 78.4 Å². The molecule has 1 aromatic rings. The summed E-state index contributed by atoms with van der Waals surface area (Å²) < 4.78 is 0. The normalized spacial score (nSPS) is 17.4. The fraction of sp³-hybridized carbons (Fsp3) is 0.467. The number of carbonyl (C=O) groups excluding carboxylic acids is 1. The molecule has 5 heteroatoms. The number of piperidine rings is 1. The van der Waals surface area contributed by atoms with Crippen molar-refractivity contribution in [3.05, 3.63) is 35.9 Å². The van der Waals surface area contributed by atoms with Crippen molar-refractivity contribution in [2.75, 3.05) is 19.6 Å². The molecule has 1 amide bonds. The van der Waals surface area contributed by atoms with Crippen molar-refractivity contribution in [2.24, 2.45) is 5.92 Å². The minimum Gasteiger partial charge on any atom is -0.481 e. The van der Waals surface area contributed by atoms with Crippen LogP contribution < -0.4 is 10.6 Å². The SMILES string of the molecule is O=C(NCC(C(=O)O)c1ccccc1)C1CCNCC1. The zero-order valence-electron chi connectivity index (χ0n) is 11.3. The number of carboxylic acids is 1. The van der Waals surface area contributed by atoms with Gasteiger partial charge in [-0.3, -0.25) is 9.59 Å². The number of carboxylic acid groups (broad SMARTS) is 1. The van der Waals surface area contributed by atoms with E-state index in [9.17, 15) is 14.7 Å². The maximum absolute atomic E-state index is 12.0. The molecule has 1 aliphatic rings. The quantitative estimate of drug-likeness (QED) is 0.749. The van der Waals surface area contributed by atoms with E-state index < -0.39 is 11.9 Å². The maximum atomic E-state index is 12.0. The number of amides is 1. The first-order chi connectivity index (χ1) is 9.68. The first-order valence-electron chi connectivity index (χ1n) is 6.94. The highest BCUT2D eigenvalue weighted by Crippen LogP contribution is 2.16. The van der Waals surface area contributed by atoms with Crippen LogP contribution in [0.15, 0.2) is 30.3 Å². The van der Waals surface area contributed by atoms with Gasteiger partial charge in [0.1, 0.15) is 0 Å². The molecule has 0 spiro atoms. The van der Waals surface area contributed by atoms with Gasteiger partial charge in [0.15, 0.2) is 0 Å². The third-order valence-electron chi connectivity index (χ3n) is 3.69. The summed E-state index contributed by atoms with van der Waals surface area (Å²) >= 11 is 0. The van der Waals surface area contributed by atoms with E-state index in [1.165, 1.54) is 0 Å². The van der Waals surface area contributed by atoms with Crippen molar-refractivity contribution in [1.82, 2.24) is 10.6 Å². The number of hydrogen-bond donors (Lipinski definition) is 3. The summed E-state index contributed by atoms with van der Waals surface area (Å²) in [6.45, 7) is 1.83. The summed E-state index contributed by atoms with van der Waals surface area (Å²) in [6.07, 6.45) is 1.63. The van der Waals surface area contributed by atoms with Crippen molar-refractivity contribution in [3.63, 3.8) is 0 Å². The van der Waals surface area contributed by atoms with Crippen molar-refractivity contribution < 1.29 is 14.7 Å². The van der Waals surface area contributed by atoms with Crippen LogP contribution in [0.5, 0.6) is 0 Å². The summed E-state index contributed by atoms with van der Waals surface area (Å²) in [6, 6.07) is 9.00. The molecule has 1 aliphatic heterocycles. The van der Waals surface area contributed by atoms with Gasteiger partial charge in [-0.25, -0.2) is 0 Å². The van der Waals surface area contributed by atoms with E-state index in [2.05, 4.69) is 10.6 Å². The number of hydrogen-bond acceptors (Lipinski definition) is 3. The van der Waals surface area contributed by atoms with E-state index in [-0.39, 0.29) is 18.4 Å². The van der Waals surface area contributed by atoms with Crippen LogP contribution in [0.2, 0.25) is 0 Å². The molecule has 1 aromatic carbocycles. The molecule has 20 heavy (non-hydrogen) atoms. The van der Waals surface area contributed by atoms with Crippen molar-refractivity contribution in [3.8, 4) is 0 Å². The highest BCUT2D eigenvalue weighted by Gasteiger charge is 2.24. The largest absolute Gasteiger partial charge is 0.481 e. The Bertz CT molecular complexity index is 455. The lowest BCUT2D eigenvalue weighted by atomic mass is 9.96. The zero-order valence-corrected chi connectivity index (χ0v) is 11.3. The van der Waals surface area contributed by atoms with Gasteiger partial charge in [0.25, 0.3) is 0 Å². The van der Waals surface area contributed by atoms with Gasteiger partial charge >= 0.3 is 5.97 Å². The van der Waals surface area contributed by atoms with E-state index in [4.69, 9.17) is 0 Å². The molecule has 3 N–H and O–H groups in total. The van der Waals surface area contributed by atoms with E-state index in [0.717, 1.165) is 25.9 Å². The van der Waals surface area contributed by atoms with Crippen LogP contribution >= 0.6 is 0 Å². The summed E-state index contributed by atoms with van der Waals surface area (Å²) in [5, 5.41) is 15.3. The van der Waals surface area contributed by atoms with E-state index >= 15 is 0 Å². The van der Waals surface area contributed by atoms with Crippen molar-refractivity contribution >= 4 is 11.9 Å². The predicted octanol–water partition coefficient (Wildman–Crippen LogP) is 0.971. The second-order valence-electron chi connectivity index (χ2n) is 5.07. The molecule has 1 atom stereocenters. The maximum Gasteiger partial charge on any atom is 0.312 e. The molecule has 0 radical (unpaired) electrons. The Morgan fingerprint density at radius 3 is 2.50 bits per heavy atom. The van der Waals surface area contributed by atoms with Gasteiger partial charge in [-0.05, 0) is 31.5 Å². The molecule has 1 saturated heterocycles. The number of nitrogens with one attached hydrogen (secondary N) is 2. The number of rotatable bonds is 5. The van der Waals surface area contributed by atoms with Gasteiger partial charge in [-0.15, -0.1) is 0 Å². The first kappa shape index (κ1) is 14.5. The molecule has 5 nitrogen and oxygen atoms in total. The Hall–Kier alpha value is -1.88. The smallest absolute Gasteiger partial charge is 0.312 e. The summed E-state index contributed by atoms with van der Waals surface area (Å²) in [4.78, 5) is 23.4. The fourth-order valence-corrected chi connectivity index (χ4v) is 2.46. The van der Waals surface area contributed by atoms with Crippen LogP contribution in [-0.4, -0.2) is 36.6 Å². The fourth-order valence-electron chi connectivity index (χ4n) is 2.46. The Kier molecular flexibility index (Phi) is 5.12. The summed E-state index contributed by atoms with van der Waals surface area (Å²) in [5.41, 5.74) is 0.714. The second-order valence-corrected chi connectivity index (χ2v) is 5.07. The minimum absolute atomic E-state index is 0.00136. The van der Waals surface area contributed by atoms with Crippen LogP contribution in [-0.2, 0) is 9.59 Å². The lowest BCUT2D eigenvalue weighted by Crippen LogP contribution is -2.40. The lowest BCUT2D eigenvalue weighted by Gasteiger charge is -2.22. The highest BCUT2D eigenvalue weighted by atomic mass is 16.4. The average molecular weight is 276 g/mol. The third kappa shape index (κ3) is 3.81. The number of aliphatic carboxylic acids is 1. The molecular formula is C15H20N2O3. The van der Waals surface area contributed by atoms with Gasteiger partial charge < -0.3 is 15.7 Å². The molecule has 108 valence electrons. The predicted molar refractivity (Wildman–Crippen MR) is 75.4 cm³/mol. The van der Waals surface area contributed by atoms with E-state index in [0.29, 0.717) is 5.56 Å². The molecule has 1 fully saturated rings. The van der Waals surface area contributed by atoms with E-state index in [1.807, 2.05) is 6.07 Å². The van der Waals surface area contributed by atoms with E-state index in [1.54, 1.807) is 24.3 Å². The Labute approximate surface area is 118 Å². The highest BCUT2D eigenvalue weighted by molar-refractivity contribution is 5.81. The van der Waals surface area contributed by atoms with Gasteiger partial charge in [-0.1, -0.05) is 30.3 Å². The molecule has 2 rings (SSSR count). The lowest BCUT2D eigenvalue weighted by molar-refractivity contribution is -0.138.